The topological polar surface area (TPSA) is 55.1 Å². The van der Waals surface area contributed by atoms with Gasteiger partial charge in [-0.1, -0.05) is 20.8 Å². The SMILES string of the molecule is CCC(C)(C)CNC(N)=O. The fourth-order valence-corrected chi connectivity index (χ4v) is 0.451. The highest BCUT2D eigenvalue weighted by molar-refractivity contribution is 5.71. The van der Waals surface area contributed by atoms with Gasteiger partial charge >= 0.3 is 6.03 Å². The molecule has 0 aromatic rings. The van der Waals surface area contributed by atoms with E-state index in [-0.39, 0.29) is 5.41 Å². The van der Waals surface area contributed by atoms with Gasteiger partial charge in [-0.05, 0) is 11.8 Å². The maximum Gasteiger partial charge on any atom is 0.312 e. The molecule has 3 nitrogen and oxygen atoms in total. The van der Waals surface area contributed by atoms with Gasteiger partial charge in [0.2, 0.25) is 0 Å². The van der Waals surface area contributed by atoms with Gasteiger partial charge in [-0.3, -0.25) is 0 Å². The molecule has 0 fully saturated rings. The lowest BCUT2D eigenvalue weighted by molar-refractivity contribution is 0.241. The second kappa shape index (κ2) is 3.44. The van der Waals surface area contributed by atoms with Gasteiger partial charge in [-0.2, -0.15) is 0 Å². The highest BCUT2D eigenvalue weighted by Gasteiger charge is 2.14. The van der Waals surface area contributed by atoms with Gasteiger partial charge in [-0.15, -0.1) is 0 Å². The molecule has 0 aromatic heterocycles. The minimum absolute atomic E-state index is 0.162. The van der Waals surface area contributed by atoms with E-state index in [9.17, 15) is 4.79 Å². The summed E-state index contributed by atoms with van der Waals surface area (Å²) in [6.45, 7) is 6.91. The van der Waals surface area contributed by atoms with Crippen molar-refractivity contribution in [2.45, 2.75) is 27.2 Å². The second-order valence-corrected chi connectivity index (χ2v) is 3.24. The standard InChI is InChI=1S/C7H16N2O/c1-4-7(2,3)5-9-6(8)10/h4-5H2,1-3H3,(H3,8,9,10). The molecule has 0 aliphatic carbocycles. The van der Waals surface area contributed by atoms with E-state index in [2.05, 4.69) is 26.1 Å². The Morgan fingerprint density at radius 1 is 1.60 bits per heavy atom. The third-order valence-corrected chi connectivity index (χ3v) is 1.70. The number of primary amides is 1. The van der Waals surface area contributed by atoms with Gasteiger partial charge in [0.1, 0.15) is 0 Å². The molecular formula is C7H16N2O. The van der Waals surface area contributed by atoms with Crippen LogP contribution < -0.4 is 11.1 Å². The van der Waals surface area contributed by atoms with Gasteiger partial charge in [0, 0.05) is 6.54 Å². The first-order valence-corrected chi connectivity index (χ1v) is 3.51. The molecule has 0 atom stereocenters. The molecule has 60 valence electrons. The quantitative estimate of drug-likeness (QED) is 0.612. The maximum absolute atomic E-state index is 10.3. The number of carbonyl (C=O) groups excluding carboxylic acids is 1. The van der Waals surface area contributed by atoms with Crippen LogP contribution in [0.15, 0.2) is 0 Å². The Morgan fingerprint density at radius 3 is 2.40 bits per heavy atom. The lowest BCUT2D eigenvalue weighted by Gasteiger charge is -2.21. The van der Waals surface area contributed by atoms with Crippen molar-refractivity contribution in [2.75, 3.05) is 6.54 Å². The Kier molecular flexibility index (Phi) is 3.19. The minimum atomic E-state index is -0.443. The molecule has 0 unspecified atom stereocenters. The smallest absolute Gasteiger partial charge is 0.312 e. The molecule has 0 aromatic carbocycles. The molecule has 0 aliphatic heterocycles. The summed E-state index contributed by atoms with van der Waals surface area (Å²) in [7, 11) is 0. The number of hydrogen-bond donors (Lipinski definition) is 2. The Hall–Kier alpha value is -0.730. The van der Waals surface area contributed by atoms with E-state index in [4.69, 9.17) is 5.73 Å². The summed E-state index contributed by atoms with van der Waals surface area (Å²) in [4.78, 5) is 10.3. The van der Waals surface area contributed by atoms with E-state index in [0.29, 0.717) is 6.54 Å². The summed E-state index contributed by atoms with van der Waals surface area (Å²) in [6, 6.07) is -0.443. The van der Waals surface area contributed by atoms with Crippen molar-refractivity contribution in [2.24, 2.45) is 11.1 Å². The molecule has 3 N–H and O–H groups in total. The summed E-state index contributed by atoms with van der Waals surface area (Å²) >= 11 is 0. The number of nitrogens with one attached hydrogen (secondary N) is 1. The average molecular weight is 144 g/mol. The lowest BCUT2D eigenvalue weighted by atomic mass is 9.90. The van der Waals surface area contributed by atoms with E-state index >= 15 is 0 Å². The zero-order chi connectivity index (χ0) is 8.20. The number of nitrogens with two attached hydrogens (primary N) is 1. The molecule has 10 heavy (non-hydrogen) atoms. The van der Waals surface area contributed by atoms with Crippen LogP contribution in [0.3, 0.4) is 0 Å². The maximum atomic E-state index is 10.3. The molecule has 0 heterocycles. The molecule has 0 aliphatic rings. The van der Waals surface area contributed by atoms with Gasteiger partial charge in [0.25, 0.3) is 0 Å². The van der Waals surface area contributed by atoms with Crippen molar-refractivity contribution in [3.63, 3.8) is 0 Å². The first-order valence-electron chi connectivity index (χ1n) is 3.51. The van der Waals surface area contributed by atoms with Crippen LogP contribution in [-0.2, 0) is 0 Å². The second-order valence-electron chi connectivity index (χ2n) is 3.24. The van der Waals surface area contributed by atoms with E-state index in [0.717, 1.165) is 6.42 Å². The van der Waals surface area contributed by atoms with Gasteiger partial charge < -0.3 is 11.1 Å². The largest absolute Gasteiger partial charge is 0.352 e. The summed E-state index contributed by atoms with van der Waals surface area (Å²) < 4.78 is 0. The normalized spacial score (nSPS) is 11.1. The summed E-state index contributed by atoms with van der Waals surface area (Å²) in [5, 5.41) is 2.58. The molecule has 0 spiro atoms. The summed E-state index contributed by atoms with van der Waals surface area (Å²) in [5.74, 6) is 0. The zero-order valence-electron chi connectivity index (χ0n) is 6.90. The van der Waals surface area contributed by atoms with E-state index < -0.39 is 6.03 Å². The van der Waals surface area contributed by atoms with Gasteiger partial charge in [-0.25, -0.2) is 4.79 Å². The van der Waals surface area contributed by atoms with E-state index in [1.165, 1.54) is 0 Å². The Morgan fingerprint density at radius 2 is 2.10 bits per heavy atom. The van der Waals surface area contributed by atoms with Crippen molar-refractivity contribution in [3.8, 4) is 0 Å². The number of rotatable bonds is 3. The molecule has 0 radical (unpaired) electrons. The van der Waals surface area contributed by atoms with Gasteiger partial charge in [0.05, 0.1) is 0 Å². The minimum Gasteiger partial charge on any atom is -0.352 e. The number of urea groups is 1. The van der Waals surface area contributed by atoms with Crippen LogP contribution >= 0.6 is 0 Å². The Labute approximate surface area is 62.0 Å². The molecule has 0 saturated heterocycles. The lowest BCUT2D eigenvalue weighted by Crippen LogP contribution is -2.36. The Bertz CT molecular complexity index is 121. The molecule has 3 heteroatoms. The third-order valence-electron chi connectivity index (χ3n) is 1.70. The highest BCUT2D eigenvalue weighted by atomic mass is 16.2. The van der Waals surface area contributed by atoms with Crippen LogP contribution in [0.5, 0.6) is 0 Å². The van der Waals surface area contributed by atoms with E-state index in [1.54, 1.807) is 0 Å². The molecule has 0 saturated carbocycles. The molecule has 2 amide bonds. The number of amides is 2. The Balaban J connectivity index is 3.56. The van der Waals surface area contributed by atoms with Crippen LogP contribution in [0.1, 0.15) is 27.2 Å². The van der Waals surface area contributed by atoms with Crippen molar-refractivity contribution in [3.05, 3.63) is 0 Å². The van der Waals surface area contributed by atoms with Crippen LogP contribution in [0.2, 0.25) is 0 Å². The van der Waals surface area contributed by atoms with Crippen molar-refractivity contribution < 1.29 is 4.79 Å². The summed E-state index contributed by atoms with van der Waals surface area (Å²) in [5.41, 5.74) is 5.07. The number of carbonyl (C=O) groups is 1. The molecule has 0 rings (SSSR count). The van der Waals surface area contributed by atoms with Crippen LogP contribution in [0.4, 0.5) is 4.79 Å². The number of hydrogen-bond acceptors (Lipinski definition) is 1. The van der Waals surface area contributed by atoms with Crippen LogP contribution in [0, 0.1) is 5.41 Å². The van der Waals surface area contributed by atoms with E-state index in [1.807, 2.05) is 0 Å². The first-order chi connectivity index (χ1) is 4.48. The average Bonchev–Trinajstić information content (AvgIpc) is 1.85. The predicted molar refractivity (Wildman–Crippen MR) is 41.7 cm³/mol. The van der Waals surface area contributed by atoms with Crippen molar-refractivity contribution in [1.82, 2.24) is 5.32 Å². The highest BCUT2D eigenvalue weighted by Crippen LogP contribution is 2.17. The van der Waals surface area contributed by atoms with Crippen LogP contribution in [0.25, 0.3) is 0 Å². The summed E-state index contributed by atoms with van der Waals surface area (Å²) in [6.07, 6.45) is 1.03. The monoisotopic (exact) mass is 144 g/mol. The van der Waals surface area contributed by atoms with Crippen LogP contribution in [-0.4, -0.2) is 12.6 Å². The fraction of sp³-hybridized carbons (Fsp3) is 0.857. The zero-order valence-corrected chi connectivity index (χ0v) is 6.90. The fourth-order valence-electron chi connectivity index (χ4n) is 0.451. The predicted octanol–water partition coefficient (Wildman–Crippen LogP) is 1.09. The van der Waals surface area contributed by atoms with Crippen molar-refractivity contribution in [1.29, 1.82) is 0 Å². The molecular weight excluding hydrogens is 128 g/mol. The molecule has 0 bridgehead atoms. The first kappa shape index (κ1) is 9.27. The third kappa shape index (κ3) is 4.18. The van der Waals surface area contributed by atoms with Crippen molar-refractivity contribution >= 4 is 6.03 Å². The van der Waals surface area contributed by atoms with Gasteiger partial charge in [0.15, 0.2) is 0 Å².